The lowest BCUT2D eigenvalue weighted by Crippen LogP contribution is -2.01. The van der Waals surface area contributed by atoms with Crippen LogP contribution in [0.15, 0.2) is 33.4 Å². The number of carbonyl (C=O) groups excluding carboxylic acids is 1. The number of furan rings is 1. The molecule has 0 atom stereocenters. The van der Waals surface area contributed by atoms with Gasteiger partial charge in [-0.05, 0) is 40.2 Å². The van der Waals surface area contributed by atoms with Gasteiger partial charge in [0.15, 0.2) is 10.4 Å². The van der Waals surface area contributed by atoms with Gasteiger partial charge in [0.2, 0.25) is 5.78 Å². The molecule has 0 radical (unpaired) electrons. The van der Waals surface area contributed by atoms with Crippen molar-refractivity contribution >= 4 is 50.6 Å². The molecule has 0 aliphatic heterocycles. The molecule has 0 saturated carbocycles. The van der Waals surface area contributed by atoms with Gasteiger partial charge in [0, 0.05) is 5.56 Å². The van der Waals surface area contributed by atoms with Crippen molar-refractivity contribution in [3.63, 3.8) is 0 Å². The monoisotopic (exact) mass is 333 g/mol. The first-order valence-corrected chi connectivity index (χ1v) is 6.08. The van der Waals surface area contributed by atoms with E-state index in [-0.39, 0.29) is 27.3 Å². The van der Waals surface area contributed by atoms with Crippen molar-refractivity contribution < 1.29 is 9.21 Å². The van der Waals surface area contributed by atoms with E-state index >= 15 is 0 Å². The van der Waals surface area contributed by atoms with Crippen LogP contribution in [-0.2, 0) is 0 Å². The zero-order valence-corrected chi connectivity index (χ0v) is 11.4. The minimum absolute atomic E-state index is 0.203. The van der Waals surface area contributed by atoms with Gasteiger partial charge in [-0.2, -0.15) is 0 Å². The van der Waals surface area contributed by atoms with Crippen LogP contribution in [0.2, 0.25) is 10.0 Å². The van der Waals surface area contributed by atoms with E-state index in [0.29, 0.717) is 10.2 Å². The van der Waals surface area contributed by atoms with Gasteiger partial charge >= 0.3 is 0 Å². The minimum Gasteiger partial charge on any atom is -0.446 e. The summed E-state index contributed by atoms with van der Waals surface area (Å²) in [6.45, 7) is 0. The number of anilines is 1. The molecule has 3 nitrogen and oxygen atoms in total. The van der Waals surface area contributed by atoms with E-state index in [4.69, 9.17) is 33.4 Å². The fourth-order valence-electron chi connectivity index (χ4n) is 1.32. The molecule has 2 N–H and O–H groups in total. The van der Waals surface area contributed by atoms with E-state index in [1.807, 2.05) is 0 Å². The van der Waals surface area contributed by atoms with Crippen molar-refractivity contribution in [3.05, 3.63) is 50.3 Å². The molecular formula is C11H6BrCl2NO2. The molecule has 0 bridgehead atoms. The zero-order valence-electron chi connectivity index (χ0n) is 8.34. The smallest absolute Gasteiger partial charge is 0.228 e. The van der Waals surface area contributed by atoms with Crippen LogP contribution >= 0.6 is 39.1 Å². The Kier molecular flexibility index (Phi) is 3.47. The molecule has 17 heavy (non-hydrogen) atoms. The Morgan fingerprint density at radius 2 is 2.00 bits per heavy atom. The lowest BCUT2D eigenvalue weighted by atomic mass is 10.1. The average molecular weight is 335 g/mol. The van der Waals surface area contributed by atoms with E-state index in [9.17, 15) is 4.79 Å². The summed E-state index contributed by atoms with van der Waals surface area (Å²) < 4.78 is 5.64. The fraction of sp³-hybridized carbons (Fsp3) is 0. The molecule has 0 aliphatic carbocycles. The number of hydrogen-bond donors (Lipinski definition) is 1. The SMILES string of the molecule is Nc1cc(C(=O)c2ccc(Br)o2)cc(Cl)c1Cl. The van der Waals surface area contributed by atoms with Gasteiger partial charge < -0.3 is 10.2 Å². The highest BCUT2D eigenvalue weighted by Gasteiger charge is 2.16. The van der Waals surface area contributed by atoms with E-state index in [1.165, 1.54) is 12.1 Å². The Morgan fingerprint density at radius 3 is 2.53 bits per heavy atom. The van der Waals surface area contributed by atoms with E-state index in [1.54, 1.807) is 12.1 Å². The molecular weight excluding hydrogens is 329 g/mol. The lowest BCUT2D eigenvalue weighted by molar-refractivity contribution is 0.101. The molecule has 88 valence electrons. The van der Waals surface area contributed by atoms with Crippen molar-refractivity contribution in [2.75, 3.05) is 5.73 Å². The third kappa shape index (κ3) is 2.49. The largest absolute Gasteiger partial charge is 0.446 e. The fourth-order valence-corrected chi connectivity index (χ4v) is 1.96. The first-order chi connectivity index (χ1) is 7.99. The third-order valence-electron chi connectivity index (χ3n) is 2.12. The number of rotatable bonds is 2. The molecule has 1 heterocycles. The number of ketones is 1. The number of benzene rings is 1. The summed E-state index contributed by atoms with van der Waals surface area (Å²) in [6, 6.07) is 6.12. The summed E-state index contributed by atoms with van der Waals surface area (Å²) in [4.78, 5) is 12.0. The van der Waals surface area contributed by atoms with Crippen LogP contribution < -0.4 is 5.73 Å². The van der Waals surface area contributed by atoms with Crippen LogP contribution in [0.1, 0.15) is 16.1 Å². The molecule has 2 rings (SSSR count). The second-order valence-electron chi connectivity index (χ2n) is 3.29. The van der Waals surface area contributed by atoms with E-state index in [0.717, 1.165) is 0 Å². The summed E-state index contributed by atoms with van der Waals surface area (Å²) in [6.07, 6.45) is 0. The molecule has 1 aromatic carbocycles. The van der Waals surface area contributed by atoms with E-state index < -0.39 is 0 Å². The molecule has 1 aromatic heterocycles. The molecule has 6 heteroatoms. The van der Waals surface area contributed by atoms with Crippen LogP contribution in [0.4, 0.5) is 5.69 Å². The van der Waals surface area contributed by atoms with Crippen molar-refractivity contribution in [1.82, 2.24) is 0 Å². The second kappa shape index (κ2) is 4.72. The van der Waals surface area contributed by atoms with Crippen molar-refractivity contribution in [2.45, 2.75) is 0 Å². The highest BCUT2D eigenvalue weighted by atomic mass is 79.9. The van der Waals surface area contributed by atoms with Gasteiger partial charge in [0.05, 0.1) is 15.7 Å². The Hall–Kier alpha value is -0.970. The second-order valence-corrected chi connectivity index (χ2v) is 4.86. The summed E-state index contributed by atoms with van der Waals surface area (Å²) in [5, 5.41) is 0.476. The van der Waals surface area contributed by atoms with E-state index in [2.05, 4.69) is 15.9 Å². The maximum Gasteiger partial charge on any atom is 0.228 e. The van der Waals surface area contributed by atoms with Gasteiger partial charge in [-0.3, -0.25) is 4.79 Å². The minimum atomic E-state index is -0.305. The van der Waals surface area contributed by atoms with Gasteiger partial charge in [0.1, 0.15) is 0 Å². The maximum atomic E-state index is 12.0. The molecule has 0 unspecified atom stereocenters. The van der Waals surface area contributed by atoms with Crippen LogP contribution in [-0.4, -0.2) is 5.78 Å². The van der Waals surface area contributed by atoms with Crippen LogP contribution in [0, 0.1) is 0 Å². The standard InChI is InChI=1S/C11H6BrCl2NO2/c12-9-2-1-8(17-9)11(16)5-3-6(13)10(14)7(15)4-5/h1-4H,15H2. The van der Waals surface area contributed by atoms with Crippen LogP contribution in [0.3, 0.4) is 0 Å². The van der Waals surface area contributed by atoms with Gasteiger partial charge in [-0.25, -0.2) is 0 Å². The van der Waals surface area contributed by atoms with Gasteiger partial charge in [0.25, 0.3) is 0 Å². The Bertz CT molecular complexity index is 572. The van der Waals surface area contributed by atoms with Crippen molar-refractivity contribution in [2.24, 2.45) is 0 Å². The number of nitrogens with two attached hydrogens (primary N) is 1. The molecule has 0 aliphatic rings. The lowest BCUT2D eigenvalue weighted by Gasteiger charge is -2.04. The van der Waals surface area contributed by atoms with Crippen molar-refractivity contribution in [3.8, 4) is 0 Å². The first kappa shape index (κ1) is 12.5. The first-order valence-electron chi connectivity index (χ1n) is 4.53. The Balaban J connectivity index is 2.44. The molecule has 0 amide bonds. The number of nitrogen functional groups attached to an aromatic ring is 1. The van der Waals surface area contributed by atoms with Gasteiger partial charge in [-0.15, -0.1) is 0 Å². The van der Waals surface area contributed by atoms with Crippen molar-refractivity contribution in [1.29, 1.82) is 0 Å². The molecule has 0 fully saturated rings. The molecule has 0 spiro atoms. The predicted octanol–water partition coefficient (Wildman–Crippen LogP) is 4.16. The summed E-state index contributed by atoms with van der Waals surface area (Å²) in [5.74, 6) is -0.101. The third-order valence-corrected chi connectivity index (χ3v) is 3.36. The number of hydrogen-bond acceptors (Lipinski definition) is 3. The van der Waals surface area contributed by atoms with Crippen LogP contribution in [0.5, 0.6) is 0 Å². The van der Waals surface area contributed by atoms with Crippen LogP contribution in [0.25, 0.3) is 0 Å². The molecule has 2 aromatic rings. The quantitative estimate of drug-likeness (QED) is 0.662. The number of carbonyl (C=O) groups is 1. The average Bonchev–Trinajstić information content (AvgIpc) is 2.71. The highest BCUT2D eigenvalue weighted by molar-refractivity contribution is 9.10. The summed E-state index contributed by atoms with van der Waals surface area (Å²) in [5.41, 5.74) is 6.22. The Morgan fingerprint density at radius 1 is 1.29 bits per heavy atom. The zero-order chi connectivity index (χ0) is 12.6. The summed E-state index contributed by atoms with van der Waals surface area (Å²) >= 11 is 14.8. The summed E-state index contributed by atoms with van der Waals surface area (Å²) in [7, 11) is 0. The highest BCUT2D eigenvalue weighted by Crippen LogP contribution is 2.30. The topological polar surface area (TPSA) is 56.2 Å². The number of halogens is 3. The molecule has 0 saturated heterocycles. The maximum absolute atomic E-state index is 12.0. The normalized spacial score (nSPS) is 10.5. The van der Waals surface area contributed by atoms with Gasteiger partial charge in [-0.1, -0.05) is 23.2 Å². The predicted molar refractivity (Wildman–Crippen MR) is 70.7 cm³/mol. The Labute approximate surface area is 116 Å².